The summed E-state index contributed by atoms with van der Waals surface area (Å²) >= 11 is 0. The number of unbranched alkanes of at least 4 members (excludes halogenated alkanes) is 4. The highest BCUT2D eigenvalue weighted by atomic mass is 32.2. The van der Waals surface area contributed by atoms with Crippen molar-refractivity contribution < 1.29 is 26.4 Å². The van der Waals surface area contributed by atoms with E-state index in [1.807, 2.05) is 0 Å². The molecule has 48 heavy (non-hydrogen) atoms. The van der Waals surface area contributed by atoms with Crippen molar-refractivity contribution >= 4 is 33.0 Å². The molecule has 5 rings (SSSR count). The van der Waals surface area contributed by atoms with E-state index in [9.17, 15) is 23.3 Å². The van der Waals surface area contributed by atoms with Gasteiger partial charge < -0.3 is 15.4 Å². The lowest BCUT2D eigenvalue weighted by atomic mass is 9.77. The summed E-state index contributed by atoms with van der Waals surface area (Å²) in [4.78, 5) is 33.4. The molecule has 0 unspecified atom stereocenters. The predicted octanol–water partition coefficient (Wildman–Crippen LogP) is 4.80. The highest BCUT2D eigenvalue weighted by Crippen LogP contribution is 2.42. The first-order chi connectivity index (χ1) is 23.0. The Labute approximate surface area is 278 Å². The molecule has 2 saturated heterocycles. The van der Waals surface area contributed by atoms with Gasteiger partial charge in [-0.05, 0) is 69.7 Å². The van der Waals surface area contributed by atoms with Crippen LogP contribution in [0.25, 0.3) is 11.0 Å². The Balaban J connectivity index is 1.44. The number of hydrogen-bond acceptors (Lipinski definition) is 9. The zero-order valence-corrected chi connectivity index (χ0v) is 27.6. The SMILES string of the molecule is N#CC1(c2cc3c(NCCc4cccc(C(F)(F)C5CCNCC5)c4F)ncnc3n(CCCCCCC=O)c2=O)CCS(=O)(=O)CC1. The lowest BCUT2D eigenvalue weighted by molar-refractivity contribution is -0.107. The molecule has 10 nitrogen and oxygen atoms in total. The molecule has 0 atom stereocenters. The number of carbonyl (C=O) groups is 1. The second-order valence-corrected chi connectivity index (χ2v) is 15.1. The predicted molar refractivity (Wildman–Crippen MR) is 176 cm³/mol. The zero-order valence-electron chi connectivity index (χ0n) is 26.8. The number of sulfone groups is 1. The Kier molecular flexibility index (Phi) is 11.2. The van der Waals surface area contributed by atoms with Gasteiger partial charge in [-0.15, -0.1) is 0 Å². The van der Waals surface area contributed by atoms with Crippen LogP contribution in [0, 0.1) is 23.1 Å². The molecule has 2 N–H and O–H groups in total. The summed E-state index contributed by atoms with van der Waals surface area (Å²) in [5, 5.41) is 17.0. The van der Waals surface area contributed by atoms with Crippen molar-refractivity contribution in [2.24, 2.45) is 5.92 Å². The molecule has 2 aliphatic heterocycles. The van der Waals surface area contributed by atoms with Gasteiger partial charge >= 0.3 is 0 Å². The summed E-state index contributed by atoms with van der Waals surface area (Å²) < 4.78 is 72.3. The maximum absolute atomic E-state index is 15.5. The number of aldehydes is 1. The van der Waals surface area contributed by atoms with Crippen LogP contribution in [0.15, 0.2) is 35.4 Å². The number of rotatable bonds is 14. The number of halogens is 3. The van der Waals surface area contributed by atoms with Gasteiger partial charge in [-0.25, -0.2) is 31.6 Å². The van der Waals surface area contributed by atoms with E-state index in [0.29, 0.717) is 42.8 Å². The molecule has 3 aromatic rings. The fraction of sp³-hybridized carbons (Fsp3) is 0.559. The minimum atomic E-state index is -3.33. The molecule has 0 saturated carbocycles. The first-order valence-electron chi connectivity index (χ1n) is 16.6. The molecule has 2 aliphatic rings. The molecule has 258 valence electrons. The van der Waals surface area contributed by atoms with Gasteiger partial charge in [0.05, 0.1) is 33.9 Å². The number of carbonyl (C=O) groups excluding carboxylic acids is 1. The van der Waals surface area contributed by atoms with Crippen LogP contribution >= 0.6 is 0 Å². The number of aromatic nitrogens is 3. The Morgan fingerprint density at radius 3 is 2.56 bits per heavy atom. The van der Waals surface area contributed by atoms with Crippen molar-refractivity contribution in [3.05, 3.63) is 63.5 Å². The number of nitriles is 1. The van der Waals surface area contributed by atoms with Gasteiger partial charge in [0.15, 0.2) is 0 Å². The van der Waals surface area contributed by atoms with Crippen LogP contribution in [0.4, 0.5) is 19.0 Å². The maximum Gasteiger partial charge on any atom is 0.278 e. The summed E-state index contributed by atoms with van der Waals surface area (Å²) in [6.45, 7) is 1.33. The lowest BCUT2D eigenvalue weighted by Crippen LogP contribution is -2.41. The Hall–Kier alpha value is -3.83. The van der Waals surface area contributed by atoms with Crippen molar-refractivity contribution in [3.8, 4) is 6.07 Å². The smallest absolute Gasteiger partial charge is 0.278 e. The number of fused-ring (bicyclic) bond motifs is 1. The van der Waals surface area contributed by atoms with Crippen molar-refractivity contribution in [2.75, 3.05) is 36.5 Å². The van der Waals surface area contributed by atoms with Gasteiger partial charge in [0.25, 0.3) is 11.5 Å². The molecule has 14 heteroatoms. The quantitative estimate of drug-likeness (QED) is 0.180. The number of nitrogens with zero attached hydrogens (tertiary/aromatic N) is 4. The Morgan fingerprint density at radius 1 is 1.12 bits per heavy atom. The van der Waals surface area contributed by atoms with Crippen LogP contribution in [-0.2, 0) is 38.9 Å². The second-order valence-electron chi connectivity index (χ2n) is 12.8. The fourth-order valence-corrected chi connectivity index (χ4v) is 8.33. The number of anilines is 1. The minimum absolute atomic E-state index is 0.0215. The molecule has 0 aliphatic carbocycles. The molecular weight excluding hydrogens is 645 g/mol. The van der Waals surface area contributed by atoms with E-state index in [-0.39, 0.29) is 67.8 Å². The Bertz CT molecular complexity index is 1820. The van der Waals surface area contributed by atoms with Gasteiger partial charge in [0, 0.05) is 31.0 Å². The molecule has 0 bridgehead atoms. The summed E-state index contributed by atoms with van der Waals surface area (Å²) in [7, 11) is -3.33. The third kappa shape index (κ3) is 7.57. The molecular formula is C34H41F3N6O4S. The first kappa shape index (κ1) is 35.5. The van der Waals surface area contributed by atoms with Gasteiger partial charge in [-0.3, -0.25) is 9.36 Å². The topological polar surface area (TPSA) is 147 Å². The van der Waals surface area contributed by atoms with Crippen LogP contribution in [0.5, 0.6) is 0 Å². The van der Waals surface area contributed by atoms with Crippen LogP contribution in [-0.4, -0.2) is 60.4 Å². The van der Waals surface area contributed by atoms with Gasteiger partial charge in [0.1, 0.15) is 39.7 Å². The first-order valence-corrected chi connectivity index (χ1v) is 18.4. The third-order valence-corrected chi connectivity index (χ3v) is 11.4. The monoisotopic (exact) mass is 686 g/mol. The molecule has 0 amide bonds. The van der Waals surface area contributed by atoms with E-state index in [1.54, 1.807) is 6.07 Å². The van der Waals surface area contributed by atoms with Crippen LogP contribution < -0.4 is 16.2 Å². The summed E-state index contributed by atoms with van der Waals surface area (Å²) in [5.74, 6) is -5.30. The van der Waals surface area contributed by atoms with Crippen LogP contribution in [0.2, 0.25) is 0 Å². The third-order valence-electron chi connectivity index (χ3n) is 9.72. The van der Waals surface area contributed by atoms with E-state index in [4.69, 9.17) is 0 Å². The van der Waals surface area contributed by atoms with Crippen molar-refractivity contribution in [1.82, 2.24) is 19.9 Å². The zero-order chi connectivity index (χ0) is 34.4. The summed E-state index contributed by atoms with van der Waals surface area (Å²) in [5.41, 5.74) is -1.72. The van der Waals surface area contributed by atoms with Gasteiger partial charge in [-0.1, -0.05) is 31.0 Å². The number of benzene rings is 1. The Morgan fingerprint density at radius 2 is 1.85 bits per heavy atom. The van der Waals surface area contributed by atoms with E-state index < -0.39 is 44.0 Å². The summed E-state index contributed by atoms with van der Waals surface area (Å²) in [6, 6.07) is 7.88. The fourth-order valence-electron chi connectivity index (χ4n) is 6.80. The maximum atomic E-state index is 15.5. The normalized spacial score (nSPS) is 18.0. The highest BCUT2D eigenvalue weighted by Gasteiger charge is 2.44. The van der Waals surface area contributed by atoms with Gasteiger partial charge in [-0.2, -0.15) is 5.26 Å². The van der Waals surface area contributed by atoms with Crippen LogP contribution in [0.3, 0.4) is 0 Å². The van der Waals surface area contributed by atoms with Crippen LogP contribution in [0.1, 0.15) is 74.5 Å². The van der Waals surface area contributed by atoms with E-state index in [2.05, 4.69) is 26.7 Å². The number of aryl methyl sites for hydroxylation is 1. The second kappa shape index (κ2) is 15.2. The number of alkyl halides is 2. The molecule has 2 aromatic heterocycles. The van der Waals surface area contributed by atoms with Gasteiger partial charge in [0.2, 0.25) is 0 Å². The van der Waals surface area contributed by atoms with Crippen molar-refractivity contribution in [1.29, 1.82) is 5.26 Å². The molecule has 1 aromatic carbocycles. The average molecular weight is 687 g/mol. The van der Waals surface area contributed by atoms with E-state index in [0.717, 1.165) is 31.6 Å². The standard InChI is InChI=1S/C34H41F3N6O4S/c35-29-24(7-6-8-27(29)34(36,37)25-10-14-39-15-11-25)9-16-40-30-26-21-28(33(22-38)12-19-48(46,47)20-13-33)32(45)43(31(26)42-23-41-30)17-4-2-1-3-5-18-44/h6-8,18,21,23,25,39H,1-5,9-17,19-20H2,(H,40,41,42). The molecule has 4 heterocycles. The number of hydrogen-bond donors (Lipinski definition) is 2. The van der Waals surface area contributed by atoms with Crippen molar-refractivity contribution in [2.45, 2.75) is 82.1 Å². The lowest BCUT2D eigenvalue weighted by Gasteiger charge is -2.31. The number of nitrogens with one attached hydrogen (secondary N) is 2. The van der Waals surface area contributed by atoms with Crippen molar-refractivity contribution in [3.63, 3.8) is 0 Å². The average Bonchev–Trinajstić information content (AvgIpc) is 3.08. The molecule has 0 spiro atoms. The largest absolute Gasteiger partial charge is 0.369 e. The summed E-state index contributed by atoms with van der Waals surface area (Å²) in [6.07, 6.45) is 6.06. The molecule has 0 radical (unpaired) electrons. The number of pyridine rings is 1. The van der Waals surface area contributed by atoms with E-state index in [1.165, 1.54) is 23.0 Å². The minimum Gasteiger partial charge on any atom is -0.369 e. The molecule has 2 fully saturated rings. The van der Waals surface area contributed by atoms with E-state index >= 15 is 13.2 Å². The highest BCUT2D eigenvalue weighted by molar-refractivity contribution is 7.91. The number of piperidine rings is 1.